The third kappa shape index (κ3) is 6.10. The second-order valence-electron chi connectivity index (χ2n) is 5.44. The van der Waals surface area contributed by atoms with E-state index in [9.17, 15) is 9.59 Å². The Morgan fingerprint density at radius 3 is 2.50 bits per heavy atom. The Labute approximate surface area is 189 Å². The molecule has 0 aliphatic rings. The van der Waals surface area contributed by atoms with Crippen molar-refractivity contribution < 1.29 is 19.1 Å². The van der Waals surface area contributed by atoms with Crippen molar-refractivity contribution in [3.05, 3.63) is 60.2 Å². The number of nitrogens with zero attached hydrogens (tertiary/aromatic N) is 1. The van der Waals surface area contributed by atoms with Crippen LogP contribution in [0.15, 0.2) is 42.0 Å². The Bertz CT molecular complexity index is 966. The first-order chi connectivity index (χ1) is 13.3. The molecule has 2 aromatic rings. The van der Waals surface area contributed by atoms with Gasteiger partial charge in [-0.15, -0.1) is 0 Å². The van der Waals surface area contributed by atoms with Crippen LogP contribution in [0.2, 0.25) is 0 Å². The fraction of sp³-hybridized carbons (Fsp3) is 0.105. The zero-order valence-corrected chi connectivity index (χ0v) is 19.0. The van der Waals surface area contributed by atoms with Crippen LogP contribution in [0, 0.1) is 18.5 Å². The second-order valence-corrected chi connectivity index (χ2v) is 7.85. The molecule has 0 unspecified atom stereocenters. The smallest absolute Gasteiger partial charge is 0.319 e. The number of methoxy groups -OCH3 is 1. The van der Waals surface area contributed by atoms with Crippen LogP contribution in [0.5, 0.6) is 11.5 Å². The average molecular weight is 603 g/mol. The van der Waals surface area contributed by atoms with Gasteiger partial charge in [-0.3, -0.25) is 10.1 Å². The maximum Gasteiger partial charge on any atom is 0.319 e. The highest BCUT2D eigenvalue weighted by Gasteiger charge is 2.15. The van der Waals surface area contributed by atoms with E-state index in [0.717, 1.165) is 12.7 Å². The van der Waals surface area contributed by atoms with Gasteiger partial charge in [0.1, 0.15) is 18.2 Å². The highest BCUT2D eigenvalue weighted by Crippen LogP contribution is 2.35. The number of amides is 3. The minimum Gasteiger partial charge on any atom is -0.493 e. The van der Waals surface area contributed by atoms with Gasteiger partial charge in [0.25, 0.3) is 5.91 Å². The largest absolute Gasteiger partial charge is 0.493 e. The summed E-state index contributed by atoms with van der Waals surface area (Å²) in [5, 5.41) is 11.0. The molecule has 0 aliphatic carbocycles. The van der Waals surface area contributed by atoms with Gasteiger partial charge in [-0.25, -0.2) is 4.79 Å². The third-order valence-corrected chi connectivity index (χ3v) is 4.98. The number of primary amides is 1. The van der Waals surface area contributed by atoms with Gasteiger partial charge < -0.3 is 15.2 Å². The Morgan fingerprint density at radius 1 is 1.25 bits per heavy atom. The first-order valence-electron chi connectivity index (χ1n) is 7.81. The van der Waals surface area contributed by atoms with Crippen molar-refractivity contribution in [3.8, 4) is 17.6 Å². The predicted molar refractivity (Wildman–Crippen MR) is 121 cm³/mol. The maximum atomic E-state index is 11.8. The van der Waals surface area contributed by atoms with Crippen LogP contribution >= 0.6 is 45.2 Å². The number of hydrogen-bond donors (Lipinski definition) is 2. The lowest BCUT2D eigenvalue weighted by atomic mass is 10.1. The van der Waals surface area contributed by atoms with Gasteiger partial charge in [0.05, 0.1) is 10.7 Å². The molecule has 2 rings (SSSR count). The van der Waals surface area contributed by atoms with E-state index in [1.165, 1.54) is 13.2 Å². The molecule has 28 heavy (non-hydrogen) atoms. The molecule has 0 aromatic heterocycles. The monoisotopic (exact) mass is 603 g/mol. The number of rotatable bonds is 6. The van der Waals surface area contributed by atoms with Gasteiger partial charge in [0.2, 0.25) is 0 Å². The lowest BCUT2D eigenvalue weighted by Crippen LogP contribution is -2.35. The molecule has 144 valence electrons. The number of hydrogen-bond acceptors (Lipinski definition) is 5. The van der Waals surface area contributed by atoms with Crippen molar-refractivity contribution >= 4 is 63.2 Å². The van der Waals surface area contributed by atoms with E-state index in [0.29, 0.717) is 23.7 Å². The van der Waals surface area contributed by atoms with Crippen LogP contribution in [0.25, 0.3) is 6.08 Å². The van der Waals surface area contributed by atoms with E-state index in [1.807, 2.05) is 29.6 Å². The summed E-state index contributed by atoms with van der Waals surface area (Å²) in [5.74, 6) is 0.137. The number of nitrogens with one attached hydrogen (secondary N) is 1. The number of carbonyl (C=O) groups is 2. The van der Waals surface area contributed by atoms with Crippen molar-refractivity contribution in [1.82, 2.24) is 5.32 Å². The van der Waals surface area contributed by atoms with Crippen LogP contribution in [0.4, 0.5) is 4.79 Å². The van der Waals surface area contributed by atoms with Crippen LogP contribution < -0.4 is 20.5 Å². The summed E-state index contributed by atoms with van der Waals surface area (Å²) in [5.41, 5.74) is 6.20. The summed E-state index contributed by atoms with van der Waals surface area (Å²) in [7, 11) is 1.50. The quantitative estimate of drug-likeness (QED) is 0.298. The molecule has 3 amide bonds. The van der Waals surface area contributed by atoms with Crippen LogP contribution in [-0.2, 0) is 11.4 Å². The maximum absolute atomic E-state index is 11.8. The van der Waals surface area contributed by atoms with E-state index in [-0.39, 0.29) is 5.57 Å². The van der Waals surface area contributed by atoms with E-state index in [1.54, 1.807) is 18.2 Å². The van der Waals surface area contributed by atoms with Crippen LogP contribution in [-0.4, -0.2) is 19.0 Å². The molecule has 0 saturated carbocycles. The molecule has 3 N–H and O–H groups in total. The molecule has 0 spiro atoms. The van der Waals surface area contributed by atoms with Gasteiger partial charge in [0.15, 0.2) is 11.5 Å². The molecule has 0 heterocycles. The van der Waals surface area contributed by atoms with E-state index < -0.39 is 11.9 Å². The number of halogens is 2. The van der Waals surface area contributed by atoms with Gasteiger partial charge >= 0.3 is 6.03 Å². The molecule has 0 atom stereocenters. The number of nitriles is 1. The first kappa shape index (κ1) is 22.0. The lowest BCUT2D eigenvalue weighted by Gasteiger charge is -2.14. The van der Waals surface area contributed by atoms with Gasteiger partial charge in [-0.05, 0) is 86.7 Å². The normalized spacial score (nSPS) is 10.7. The van der Waals surface area contributed by atoms with Crippen molar-refractivity contribution in [2.24, 2.45) is 5.73 Å². The summed E-state index contributed by atoms with van der Waals surface area (Å²) in [6.07, 6.45) is 1.34. The fourth-order valence-electron chi connectivity index (χ4n) is 2.19. The van der Waals surface area contributed by atoms with Gasteiger partial charge in [0, 0.05) is 3.57 Å². The minimum atomic E-state index is -1.03. The summed E-state index contributed by atoms with van der Waals surface area (Å²) in [4.78, 5) is 22.6. The van der Waals surface area contributed by atoms with E-state index >= 15 is 0 Å². The average Bonchev–Trinajstić information content (AvgIpc) is 2.65. The number of imide groups is 1. The van der Waals surface area contributed by atoms with Crippen molar-refractivity contribution in [2.45, 2.75) is 6.61 Å². The lowest BCUT2D eigenvalue weighted by molar-refractivity contribution is -0.115. The van der Waals surface area contributed by atoms with Gasteiger partial charge in [-0.1, -0.05) is 12.1 Å². The molecule has 0 bridgehead atoms. The van der Waals surface area contributed by atoms with Crippen molar-refractivity contribution in [1.29, 1.82) is 5.26 Å². The molecular formula is C19H15I2N3O4. The number of benzene rings is 2. The number of urea groups is 1. The Morgan fingerprint density at radius 2 is 1.93 bits per heavy atom. The zero-order chi connectivity index (χ0) is 20.7. The molecule has 0 aliphatic heterocycles. The second kappa shape index (κ2) is 10.3. The summed E-state index contributed by atoms with van der Waals surface area (Å²) < 4.78 is 13.2. The van der Waals surface area contributed by atoms with E-state index in [2.05, 4.69) is 45.2 Å². The summed E-state index contributed by atoms with van der Waals surface area (Å²) in [6, 6.07) is 12.0. The third-order valence-electron chi connectivity index (χ3n) is 3.46. The molecule has 0 radical (unpaired) electrons. The van der Waals surface area contributed by atoms with E-state index in [4.69, 9.17) is 20.5 Å². The molecular weight excluding hydrogens is 588 g/mol. The topological polar surface area (TPSA) is 114 Å². The molecule has 2 aromatic carbocycles. The Kier molecular flexibility index (Phi) is 8.06. The molecule has 9 heteroatoms. The number of nitrogens with two attached hydrogens (primary N) is 1. The molecule has 0 fully saturated rings. The van der Waals surface area contributed by atoms with Crippen LogP contribution in [0.3, 0.4) is 0 Å². The number of ether oxygens (including phenoxy) is 2. The SMILES string of the molecule is COc1cc(/C=C(/C#N)C(=O)NC(N)=O)cc(I)c1OCc1ccc(I)cc1. The zero-order valence-electron chi connectivity index (χ0n) is 14.7. The van der Waals surface area contributed by atoms with Gasteiger partial charge in [-0.2, -0.15) is 5.26 Å². The first-order valence-corrected chi connectivity index (χ1v) is 9.97. The number of carbonyl (C=O) groups excluding carboxylic acids is 2. The highest BCUT2D eigenvalue weighted by atomic mass is 127. The summed E-state index contributed by atoms with van der Waals surface area (Å²) >= 11 is 4.32. The fourth-order valence-corrected chi connectivity index (χ4v) is 3.33. The summed E-state index contributed by atoms with van der Waals surface area (Å²) in [6.45, 7) is 0.364. The minimum absolute atomic E-state index is 0.260. The highest BCUT2D eigenvalue weighted by molar-refractivity contribution is 14.1. The van der Waals surface area contributed by atoms with Crippen LogP contribution in [0.1, 0.15) is 11.1 Å². The molecule has 0 saturated heterocycles. The van der Waals surface area contributed by atoms with Crippen molar-refractivity contribution in [3.63, 3.8) is 0 Å². The standard InChI is InChI=1S/C19H15I2N3O4/c1-27-16-8-12(6-13(9-22)18(25)24-19(23)26)7-15(21)17(16)28-10-11-2-4-14(20)5-3-11/h2-8H,10H2,1H3,(H3,23,24,25,26)/b13-6-. The Balaban J connectivity index is 2.28. The Hall–Kier alpha value is -2.33. The molecule has 7 nitrogen and oxygen atoms in total. The predicted octanol–water partition coefficient (Wildman–Crippen LogP) is 3.59. The van der Waals surface area contributed by atoms with Crippen molar-refractivity contribution in [2.75, 3.05) is 7.11 Å².